The lowest BCUT2D eigenvalue weighted by Gasteiger charge is -2.10. The number of nitrogen functional groups attached to an aromatic ring is 1. The highest BCUT2D eigenvalue weighted by Crippen LogP contribution is 2.31. The molecule has 5 rings (SSSR count). The number of benzene rings is 3. The van der Waals surface area contributed by atoms with Crippen LogP contribution in [0.2, 0.25) is 0 Å². The van der Waals surface area contributed by atoms with Crippen LogP contribution in [-0.4, -0.2) is 20.2 Å². The standard InChI is InChI=1S/C24H19N5O2/c25-23-21-22(28-29-24(21)27-15-26-23)17-9-11-18(12-10-17)31-20-8-4-7-19(13-20)30-14-16-5-2-1-3-6-16/h1-13,15H,14H2,(H3,25,26,27,28,29). The largest absolute Gasteiger partial charge is 0.489 e. The number of fused-ring (bicyclic) bond motifs is 1. The summed E-state index contributed by atoms with van der Waals surface area (Å²) in [6.45, 7) is 0.503. The lowest BCUT2D eigenvalue weighted by Crippen LogP contribution is -1.95. The molecule has 3 N–H and O–H groups in total. The first-order chi connectivity index (χ1) is 15.3. The number of hydrogen-bond donors (Lipinski definition) is 2. The molecule has 0 saturated heterocycles. The molecule has 31 heavy (non-hydrogen) atoms. The number of ether oxygens (including phenoxy) is 2. The van der Waals surface area contributed by atoms with Gasteiger partial charge in [0.25, 0.3) is 0 Å². The van der Waals surface area contributed by atoms with E-state index in [1.54, 1.807) is 0 Å². The van der Waals surface area contributed by atoms with Crippen LogP contribution in [0.4, 0.5) is 5.82 Å². The van der Waals surface area contributed by atoms with Gasteiger partial charge in [-0.2, -0.15) is 5.10 Å². The zero-order valence-corrected chi connectivity index (χ0v) is 16.5. The van der Waals surface area contributed by atoms with E-state index in [0.717, 1.165) is 16.9 Å². The first-order valence-electron chi connectivity index (χ1n) is 9.76. The van der Waals surface area contributed by atoms with Crippen molar-refractivity contribution in [3.8, 4) is 28.5 Å². The fourth-order valence-corrected chi connectivity index (χ4v) is 3.28. The average Bonchev–Trinajstić information content (AvgIpc) is 3.25. The Kier molecular flexibility index (Phi) is 4.90. The van der Waals surface area contributed by atoms with Crippen LogP contribution in [0.5, 0.6) is 17.2 Å². The molecule has 0 spiro atoms. The number of aromatic nitrogens is 4. The zero-order chi connectivity index (χ0) is 21.0. The molecule has 0 unspecified atom stereocenters. The molecule has 0 amide bonds. The zero-order valence-electron chi connectivity index (χ0n) is 16.5. The van der Waals surface area contributed by atoms with Crippen LogP contribution >= 0.6 is 0 Å². The molecule has 3 aromatic carbocycles. The van der Waals surface area contributed by atoms with Crippen LogP contribution in [0.25, 0.3) is 22.3 Å². The minimum absolute atomic E-state index is 0.390. The molecule has 0 bridgehead atoms. The Morgan fingerprint density at radius 1 is 0.806 bits per heavy atom. The van der Waals surface area contributed by atoms with Crippen molar-refractivity contribution in [2.75, 3.05) is 5.73 Å². The van der Waals surface area contributed by atoms with E-state index in [1.165, 1.54) is 6.33 Å². The normalized spacial score (nSPS) is 10.8. The van der Waals surface area contributed by atoms with E-state index < -0.39 is 0 Å². The molecule has 0 aliphatic rings. The Balaban J connectivity index is 1.31. The first kappa shape index (κ1) is 18.6. The average molecular weight is 409 g/mol. The Hall–Kier alpha value is -4.39. The third-order valence-electron chi connectivity index (χ3n) is 4.80. The Morgan fingerprint density at radius 3 is 2.45 bits per heavy atom. The molecular formula is C24H19N5O2. The van der Waals surface area contributed by atoms with Gasteiger partial charge in [-0.05, 0) is 42.0 Å². The minimum Gasteiger partial charge on any atom is -0.489 e. The maximum atomic E-state index is 6.00. The summed E-state index contributed by atoms with van der Waals surface area (Å²) in [6.07, 6.45) is 1.41. The molecule has 2 aromatic heterocycles. The van der Waals surface area contributed by atoms with Crippen molar-refractivity contribution < 1.29 is 9.47 Å². The van der Waals surface area contributed by atoms with Crippen molar-refractivity contribution in [2.45, 2.75) is 6.61 Å². The molecule has 7 heteroatoms. The summed E-state index contributed by atoms with van der Waals surface area (Å²) < 4.78 is 11.9. The van der Waals surface area contributed by atoms with E-state index in [9.17, 15) is 0 Å². The summed E-state index contributed by atoms with van der Waals surface area (Å²) in [5.41, 5.74) is 9.31. The monoisotopic (exact) mass is 409 g/mol. The van der Waals surface area contributed by atoms with E-state index in [2.05, 4.69) is 20.2 Å². The predicted octanol–water partition coefficient (Wildman–Crippen LogP) is 4.97. The molecule has 0 fully saturated rings. The Labute approximate surface area is 178 Å². The third-order valence-corrected chi connectivity index (χ3v) is 4.80. The van der Waals surface area contributed by atoms with E-state index in [0.29, 0.717) is 40.7 Å². The molecule has 0 aliphatic heterocycles. The molecule has 0 atom stereocenters. The van der Waals surface area contributed by atoms with Gasteiger partial charge in [0.05, 0.1) is 5.39 Å². The van der Waals surface area contributed by atoms with E-state index >= 15 is 0 Å². The summed E-state index contributed by atoms with van der Waals surface area (Å²) in [5.74, 6) is 2.53. The van der Waals surface area contributed by atoms with Crippen molar-refractivity contribution in [3.63, 3.8) is 0 Å². The van der Waals surface area contributed by atoms with Gasteiger partial charge in [0.2, 0.25) is 0 Å². The lowest BCUT2D eigenvalue weighted by molar-refractivity contribution is 0.304. The van der Waals surface area contributed by atoms with Crippen LogP contribution < -0.4 is 15.2 Å². The van der Waals surface area contributed by atoms with Gasteiger partial charge in [-0.1, -0.05) is 36.4 Å². The number of anilines is 1. The van der Waals surface area contributed by atoms with Crippen LogP contribution in [-0.2, 0) is 6.61 Å². The SMILES string of the molecule is Nc1ncnc2[nH]nc(-c3ccc(Oc4cccc(OCc5ccccc5)c4)cc3)c12. The molecule has 5 aromatic rings. The van der Waals surface area contributed by atoms with Gasteiger partial charge in [0.15, 0.2) is 5.65 Å². The fourth-order valence-electron chi connectivity index (χ4n) is 3.28. The second-order valence-corrected chi connectivity index (χ2v) is 6.93. The lowest BCUT2D eigenvalue weighted by atomic mass is 10.1. The number of nitrogens with zero attached hydrogens (tertiary/aromatic N) is 3. The van der Waals surface area contributed by atoms with E-state index in [4.69, 9.17) is 15.2 Å². The summed E-state index contributed by atoms with van der Waals surface area (Å²) in [5, 5.41) is 7.93. The summed E-state index contributed by atoms with van der Waals surface area (Å²) in [4.78, 5) is 8.21. The highest BCUT2D eigenvalue weighted by molar-refractivity contribution is 5.97. The van der Waals surface area contributed by atoms with Gasteiger partial charge in [-0.25, -0.2) is 9.97 Å². The van der Waals surface area contributed by atoms with E-state index in [1.807, 2.05) is 78.9 Å². The molecule has 152 valence electrons. The van der Waals surface area contributed by atoms with Gasteiger partial charge in [0.1, 0.15) is 41.7 Å². The van der Waals surface area contributed by atoms with E-state index in [-0.39, 0.29) is 0 Å². The van der Waals surface area contributed by atoms with Gasteiger partial charge in [-0.3, -0.25) is 5.10 Å². The number of H-pyrrole nitrogens is 1. The number of rotatable bonds is 6. The van der Waals surface area contributed by atoms with Gasteiger partial charge in [0, 0.05) is 11.6 Å². The molecule has 0 aliphatic carbocycles. The molecule has 7 nitrogen and oxygen atoms in total. The second-order valence-electron chi connectivity index (χ2n) is 6.93. The molecular weight excluding hydrogens is 390 g/mol. The van der Waals surface area contributed by atoms with Crippen molar-refractivity contribution in [1.29, 1.82) is 0 Å². The maximum absolute atomic E-state index is 6.00. The van der Waals surface area contributed by atoms with Crippen LogP contribution in [0, 0.1) is 0 Å². The second kappa shape index (κ2) is 8.16. The molecule has 0 saturated carbocycles. The van der Waals surface area contributed by atoms with Crippen molar-refractivity contribution >= 4 is 16.9 Å². The quantitative estimate of drug-likeness (QED) is 0.411. The number of nitrogens with two attached hydrogens (primary N) is 1. The topological polar surface area (TPSA) is 98.9 Å². The summed E-state index contributed by atoms with van der Waals surface area (Å²) >= 11 is 0. The fraction of sp³-hybridized carbons (Fsp3) is 0.0417. The minimum atomic E-state index is 0.390. The van der Waals surface area contributed by atoms with Crippen molar-refractivity contribution in [3.05, 3.63) is 90.8 Å². The number of aromatic amines is 1. The van der Waals surface area contributed by atoms with Crippen molar-refractivity contribution in [1.82, 2.24) is 20.2 Å². The summed E-state index contributed by atoms with van der Waals surface area (Å²) in [6, 6.07) is 25.2. The first-order valence-corrected chi connectivity index (χ1v) is 9.76. The van der Waals surface area contributed by atoms with Crippen LogP contribution in [0.1, 0.15) is 5.56 Å². The summed E-state index contributed by atoms with van der Waals surface area (Å²) in [7, 11) is 0. The number of nitrogens with one attached hydrogen (secondary N) is 1. The van der Waals surface area contributed by atoms with Gasteiger partial charge >= 0.3 is 0 Å². The highest BCUT2D eigenvalue weighted by atomic mass is 16.5. The Bertz CT molecular complexity index is 1320. The number of hydrogen-bond acceptors (Lipinski definition) is 6. The third kappa shape index (κ3) is 4.02. The predicted molar refractivity (Wildman–Crippen MR) is 119 cm³/mol. The Morgan fingerprint density at radius 2 is 1.61 bits per heavy atom. The van der Waals surface area contributed by atoms with Gasteiger partial charge in [-0.15, -0.1) is 0 Å². The van der Waals surface area contributed by atoms with Gasteiger partial charge < -0.3 is 15.2 Å². The van der Waals surface area contributed by atoms with Crippen LogP contribution in [0.3, 0.4) is 0 Å². The highest BCUT2D eigenvalue weighted by Gasteiger charge is 2.13. The maximum Gasteiger partial charge on any atom is 0.161 e. The van der Waals surface area contributed by atoms with Crippen molar-refractivity contribution in [2.24, 2.45) is 0 Å². The smallest absolute Gasteiger partial charge is 0.161 e. The molecule has 0 radical (unpaired) electrons. The molecule has 2 heterocycles. The van der Waals surface area contributed by atoms with Crippen LogP contribution in [0.15, 0.2) is 85.2 Å².